The minimum absolute atomic E-state index is 0.00382. The van der Waals surface area contributed by atoms with Crippen molar-refractivity contribution in [3.63, 3.8) is 0 Å². The molecule has 0 bridgehead atoms. The zero-order chi connectivity index (χ0) is 13.0. The number of para-hydroxylation sites is 1. The van der Waals surface area contributed by atoms with Gasteiger partial charge in [-0.1, -0.05) is 18.2 Å². The molecule has 2 rings (SSSR count). The SMILES string of the molecule is Cc1ccccc1NC(=O)CCc1csc(N)n1. The maximum absolute atomic E-state index is 11.8. The Hall–Kier alpha value is -1.88. The summed E-state index contributed by atoms with van der Waals surface area (Å²) in [5, 5.41) is 5.32. The Kier molecular flexibility index (Phi) is 3.94. The number of aromatic nitrogens is 1. The van der Waals surface area contributed by atoms with E-state index in [0.29, 0.717) is 18.0 Å². The lowest BCUT2D eigenvalue weighted by Crippen LogP contribution is -2.13. The summed E-state index contributed by atoms with van der Waals surface area (Å²) in [5.74, 6) is -0.00382. The third kappa shape index (κ3) is 3.30. The molecule has 0 unspecified atom stereocenters. The highest BCUT2D eigenvalue weighted by molar-refractivity contribution is 7.13. The van der Waals surface area contributed by atoms with Gasteiger partial charge in [0.2, 0.25) is 5.91 Å². The fraction of sp³-hybridized carbons (Fsp3) is 0.231. The number of nitrogens with zero attached hydrogens (tertiary/aromatic N) is 1. The van der Waals surface area contributed by atoms with E-state index in [4.69, 9.17) is 5.73 Å². The summed E-state index contributed by atoms with van der Waals surface area (Å²) in [6.07, 6.45) is 1.03. The number of aryl methyl sites for hydroxylation is 2. The van der Waals surface area contributed by atoms with Crippen molar-refractivity contribution in [2.24, 2.45) is 0 Å². The van der Waals surface area contributed by atoms with Gasteiger partial charge in [0.1, 0.15) is 0 Å². The zero-order valence-corrected chi connectivity index (χ0v) is 11.0. The van der Waals surface area contributed by atoms with Crippen LogP contribution >= 0.6 is 11.3 Å². The average molecular weight is 261 g/mol. The Morgan fingerprint density at radius 3 is 2.89 bits per heavy atom. The molecule has 0 saturated heterocycles. The summed E-state index contributed by atoms with van der Waals surface area (Å²) >= 11 is 1.40. The molecule has 5 heteroatoms. The Bertz CT molecular complexity index is 551. The third-order valence-electron chi connectivity index (χ3n) is 2.60. The molecule has 0 spiro atoms. The van der Waals surface area contributed by atoms with Gasteiger partial charge in [-0.3, -0.25) is 4.79 Å². The van der Waals surface area contributed by atoms with Gasteiger partial charge in [-0.15, -0.1) is 11.3 Å². The summed E-state index contributed by atoms with van der Waals surface area (Å²) in [7, 11) is 0. The van der Waals surface area contributed by atoms with Gasteiger partial charge < -0.3 is 11.1 Å². The van der Waals surface area contributed by atoms with Crippen molar-refractivity contribution in [3.05, 3.63) is 40.9 Å². The van der Waals surface area contributed by atoms with E-state index in [1.54, 1.807) is 0 Å². The quantitative estimate of drug-likeness (QED) is 0.889. The standard InChI is InChI=1S/C13H15N3OS/c1-9-4-2-3-5-11(9)16-12(17)7-6-10-8-18-13(14)15-10/h2-5,8H,6-7H2,1H3,(H2,14,15)(H,16,17). The van der Waals surface area contributed by atoms with E-state index in [1.165, 1.54) is 11.3 Å². The first-order valence-corrected chi connectivity index (χ1v) is 6.58. The minimum atomic E-state index is -0.00382. The number of carbonyl (C=O) groups is 1. The van der Waals surface area contributed by atoms with Crippen LogP contribution in [0, 0.1) is 6.92 Å². The van der Waals surface area contributed by atoms with Crippen LogP contribution in [0.2, 0.25) is 0 Å². The Balaban J connectivity index is 1.88. The number of nitrogens with one attached hydrogen (secondary N) is 1. The van der Waals surface area contributed by atoms with Gasteiger partial charge in [-0.25, -0.2) is 4.98 Å². The molecule has 1 heterocycles. The number of rotatable bonds is 4. The van der Waals surface area contributed by atoms with Gasteiger partial charge >= 0.3 is 0 Å². The molecule has 0 aliphatic heterocycles. The van der Waals surface area contributed by atoms with E-state index in [0.717, 1.165) is 16.9 Å². The van der Waals surface area contributed by atoms with Crippen LogP contribution in [0.3, 0.4) is 0 Å². The molecule has 0 aliphatic carbocycles. The highest BCUT2D eigenvalue weighted by Crippen LogP contribution is 2.15. The van der Waals surface area contributed by atoms with Gasteiger partial charge in [-0.2, -0.15) is 0 Å². The van der Waals surface area contributed by atoms with Crippen LogP contribution in [0.5, 0.6) is 0 Å². The van der Waals surface area contributed by atoms with E-state index in [-0.39, 0.29) is 5.91 Å². The third-order valence-corrected chi connectivity index (χ3v) is 3.32. The van der Waals surface area contributed by atoms with Crippen molar-refractivity contribution < 1.29 is 4.79 Å². The number of carbonyl (C=O) groups excluding carboxylic acids is 1. The molecule has 0 atom stereocenters. The highest BCUT2D eigenvalue weighted by Gasteiger charge is 2.06. The van der Waals surface area contributed by atoms with Crippen LogP contribution in [0.1, 0.15) is 17.7 Å². The summed E-state index contributed by atoms with van der Waals surface area (Å²) in [6, 6.07) is 7.72. The van der Waals surface area contributed by atoms with Crippen molar-refractivity contribution in [1.82, 2.24) is 4.98 Å². The summed E-state index contributed by atoms with van der Waals surface area (Å²) in [5.41, 5.74) is 8.33. The lowest BCUT2D eigenvalue weighted by atomic mass is 10.2. The maximum atomic E-state index is 11.8. The van der Waals surface area contributed by atoms with Crippen LogP contribution in [0.25, 0.3) is 0 Å². The van der Waals surface area contributed by atoms with E-state index < -0.39 is 0 Å². The van der Waals surface area contributed by atoms with Crippen molar-refractivity contribution in [3.8, 4) is 0 Å². The lowest BCUT2D eigenvalue weighted by Gasteiger charge is -2.07. The number of anilines is 2. The monoisotopic (exact) mass is 261 g/mol. The zero-order valence-electron chi connectivity index (χ0n) is 10.1. The Morgan fingerprint density at radius 2 is 2.22 bits per heavy atom. The van der Waals surface area contributed by atoms with Gasteiger partial charge in [0.25, 0.3) is 0 Å². The van der Waals surface area contributed by atoms with E-state index in [1.807, 2.05) is 36.6 Å². The second-order valence-corrected chi connectivity index (χ2v) is 4.93. The van der Waals surface area contributed by atoms with E-state index in [9.17, 15) is 4.79 Å². The summed E-state index contributed by atoms with van der Waals surface area (Å²) in [4.78, 5) is 15.9. The molecule has 1 aromatic carbocycles. The fourth-order valence-corrected chi connectivity index (χ4v) is 2.20. The molecule has 94 valence electrons. The average Bonchev–Trinajstić information content (AvgIpc) is 2.76. The number of nitrogen functional groups attached to an aromatic ring is 1. The predicted octanol–water partition coefficient (Wildman–Crippen LogP) is 2.61. The number of thiazole rings is 1. The molecule has 4 nitrogen and oxygen atoms in total. The van der Waals surface area contributed by atoms with Gasteiger partial charge in [0, 0.05) is 17.5 Å². The van der Waals surface area contributed by atoms with Crippen LogP contribution in [0.4, 0.5) is 10.8 Å². The van der Waals surface area contributed by atoms with Gasteiger partial charge in [-0.05, 0) is 25.0 Å². The van der Waals surface area contributed by atoms with Crippen LogP contribution in [-0.2, 0) is 11.2 Å². The molecule has 0 saturated carbocycles. The Morgan fingerprint density at radius 1 is 1.44 bits per heavy atom. The van der Waals surface area contributed by atoms with E-state index >= 15 is 0 Å². The number of benzene rings is 1. The number of amides is 1. The smallest absolute Gasteiger partial charge is 0.224 e. The molecule has 0 aliphatic rings. The number of nitrogens with two attached hydrogens (primary N) is 1. The first-order valence-electron chi connectivity index (χ1n) is 5.70. The first kappa shape index (κ1) is 12.6. The summed E-state index contributed by atoms with van der Waals surface area (Å²) in [6.45, 7) is 1.97. The molecule has 18 heavy (non-hydrogen) atoms. The molecule has 0 fully saturated rings. The van der Waals surface area contributed by atoms with E-state index in [2.05, 4.69) is 10.3 Å². The normalized spacial score (nSPS) is 10.3. The van der Waals surface area contributed by atoms with Gasteiger partial charge in [0.15, 0.2) is 5.13 Å². The number of hydrogen-bond acceptors (Lipinski definition) is 4. The van der Waals surface area contributed by atoms with Crippen molar-refractivity contribution in [2.75, 3.05) is 11.1 Å². The largest absolute Gasteiger partial charge is 0.375 e. The molecule has 1 amide bonds. The molecule has 2 aromatic rings. The first-order chi connectivity index (χ1) is 8.65. The topological polar surface area (TPSA) is 68.0 Å². The Labute approximate surface area is 110 Å². The van der Waals surface area contributed by atoms with Crippen molar-refractivity contribution >= 4 is 28.1 Å². The predicted molar refractivity (Wildman–Crippen MR) is 74.7 cm³/mol. The molecular formula is C13H15N3OS. The maximum Gasteiger partial charge on any atom is 0.224 e. The molecule has 1 aromatic heterocycles. The fourth-order valence-electron chi connectivity index (χ4n) is 1.60. The van der Waals surface area contributed by atoms with Crippen molar-refractivity contribution in [1.29, 1.82) is 0 Å². The summed E-state index contributed by atoms with van der Waals surface area (Å²) < 4.78 is 0. The molecule has 3 N–H and O–H groups in total. The van der Waals surface area contributed by atoms with Crippen LogP contribution < -0.4 is 11.1 Å². The van der Waals surface area contributed by atoms with Crippen LogP contribution in [0.15, 0.2) is 29.6 Å². The number of hydrogen-bond donors (Lipinski definition) is 2. The molecular weight excluding hydrogens is 246 g/mol. The second-order valence-electron chi connectivity index (χ2n) is 4.04. The molecule has 0 radical (unpaired) electrons. The van der Waals surface area contributed by atoms with Gasteiger partial charge in [0.05, 0.1) is 5.69 Å². The van der Waals surface area contributed by atoms with Crippen LogP contribution in [-0.4, -0.2) is 10.9 Å². The second kappa shape index (κ2) is 5.64. The van der Waals surface area contributed by atoms with Crippen molar-refractivity contribution in [2.45, 2.75) is 19.8 Å². The minimum Gasteiger partial charge on any atom is -0.375 e. The highest BCUT2D eigenvalue weighted by atomic mass is 32.1. The lowest BCUT2D eigenvalue weighted by molar-refractivity contribution is -0.116.